The number of benzene rings is 2. The van der Waals surface area contributed by atoms with Crippen LogP contribution in [0.2, 0.25) is 0 Å². The van der Waals surface area contributed by atoms with Crippen LogP contribution in [0.15, 0.2) is 47.3 Å². The molecule has 164 valence electrons. The van der Waals surface area contributed by atoms with Gasteiger partial charge in [-0.15, -0.1) is 0 Å². The van der Waals surface area contributed by atoms with Gasteiger partial charge in [-0.25, -0.2) is 14.1 Å². The normalized spacial score (nSPS) is 11.2. The summed E-state index contributed by atoms with van der Waals surface area (Å²) in [5, 5.41) is 7.35. The second kappa shape index (κ2) is 8.37. The van der Waals surface area contributed by atoms with Crippen LogP contribution in [0.1, 0.15) is 28.9 Å². The number of amides is 1. The van der Waals surface area contributed by atoms with E-state index in [1.54, 1.807) is 18.7 Å². The van der Waals surface area contributed by atoms with Gasteiger partial charge < -0.3 is 5.32 Å². The molecule has 0 saturated carbocycles. The quantitative estimate of drug-likeness (QED) is 0.520. The maximum atomic E-state index is 13.3. The summed E-state index contributed by atoms with van der Waals surface area (Å²) in [7, 11) is 1.68. The molecule has 0 unspecified atom stereocenters. The number of nitrogens with zero attached hydrogens (tertiary/aromatic N) is 4. The van der Waals surface area contributed by atoms with Crippen molar-refractivity contribution in [1.82, 2.24) is 19.3 Å². The lowest BCUT2D eigenvalue weighted by Crippen LogP contribution is -2.25. The molecule has 1 N–H and O–H groups in total. The highest BCUT2D eigenvalue weighted by molar-refractivity contribution is 5.91. The second-order valence-corrected chi connectivity index (χ2v) is 7.94. The molecule has 0 radical (unpaired) electrons. The van der Waals surface area contributed by atoms with Crippen LogP contribution >= 0.6 is 0 Å². The van der Waals surface area contributed by atoms with E-state index in [1.807, 2.05) is 38.1 Å². The maximum absolute atomic E-state index is 13.3. The van der Waals surface area contributed by atoms with Gasteiger partial charge >= 0.3 is 0 Å². The average molecular weight is 433 g/mol. The first-order valence-electron chi connectivity index (χ1n) is 10.3. The minimum atomic E-state index is -0.358. The van der Waals surface area contributed by atoms with Gasteiger partial charge in [-0.05, 0) is 56.7 Å². The van der Waals surface area contributed by atoms with E-state index >= 15 is 0 Å². The number of nitrogens with one attached hydrogen (secondary N) is 1. The number of aryl methyl sites for hydroxylation is 5. The Labute approximate surface area is 184 Å². The number of rotatable bonds is 5. The van der Waals surface area contributed by atoms with Crippen molar-refractivity contribution in [1.29, 1.82) is 0 Å². The van der Waals surface area contributed by atoms with Gasteiger partial charge in [0.05, 0.1) is 11.4 Å². The van der Waals surface area contributed by atoms with Crippen molar-refractivity contribution in [2.45, 2.75) is 33.6 Å². The molecule has 32 heavy (non-hydrogen) atoms. The molecule has 0 bridgehead atoms. The number of anilines is 1. The summed E-state index contributed by atoms with van der Waals surface area (Å²) in [4.78, 5) is 29.9. The highest BCUT2D eigenvalue weighted by atomic mass is 19.1. The summed E-state index contributed by atoms with van der Waals surface area (Å²) in [6.45, 7) is 5.57. The second-order valence-electron chi connectivity index (χ2n) is 7.94. The summed E-state index contributed by atoms with van der Waals surface area (Å²) >= 11 is 0. The molecule has 0 spiro atoms. The fraction of sp³-hybridized carbons (Fsp3) is 0.250. The molecule has 4 aromatic rings. The summed E-state index contributed by atoms with van der Waals surface area (Å²) in [6.07, 6.45) is 0.263. The predicted molar refractivity (Wildman–Crippen MR) is 122 cm³/mol. The summed E-state index contributed by atoms with van der Waals surface area (Å²) in [5.41, 5.74) is 5.11. The number of carbonyl (C=O) groups is 1. The Hall–Kier alpha value is -3.81. The van der Waals surface area contributed by atoms with Crippen molar-refractivity contribution in [2.75, 3.05) is 5.32 Å². The topological polar surface area (TPSA) is 81.8 Å². The molecule has 0 aliphatic carbocycles. The van der Waals surface area contributed by atoms with E-state index in [9.17, 15) is 14.0 Å². The van der Waals surface area contributed by atoms with E-state index in [0.29, 0.717) is 33.8 Å². The molecule has 8 heteroatoms. The third-order valence-electron chi connectivity index (χ3n) is 5.45. The number of halogens is 1. The van der Waals surface area contributed by atoms with Crippen LogP contribution in [-0.2, 0) is 18.3 Å². The molecule has 1 amide bonds. The molecule has 0 saturated heterocycles. The van der Waals surface area contributed by atoms with Crippen LogP contribution in [0.5, 0.6) is 0 Å². The molecule has 7 nitrogen and oxygen atoms in total. The minimum Gasteiger partial charge on any atom is -0.326 e. The first kappa shape index (κ1) is 21.4. The highest BCUT2D eigenvalue weighted by Gasteiger charge is 2.18. The lowest BCUT2D eigenvalue weighted by Gasteiger charge is -2.10. The molecule has 4 rings (SSSR count). The Morgan fingerprint density at radius 3 is 2.50 bits per heavy atom. The van der Waals surface area contributed by atoms with Gasteiger partial charge in [0.15, 0.2) is 5.65 Å². The summed E-state index contributed by atoms with van der Waals surface area (Å²) in [5.74, 6) is -0.626. The zero-order valence-electron chi connectivity index (χ0n) is 18.4. The Morgan fingerprint density at radius 1 is 1.09 bits per heavy atom. The van der Waals surface area contributed by atoms with Crippen LogP contribution in [-0.4, -0.2) is 25.2 Å². The molecule has 2 aromatic heterocycles. The van der Waals surface area contributed by atoms with Gasteiger partial charge in [0, 0.05) is 25.6 Å². The zero-order chi connectivity index (χ0) is 23.0. The number of carbonyl (C=O) groups excluding carboxylic acids is 1. The zero-order valence-corrected chi connectivity index (χ0v) is 18.4. The van der Waals surface area contributed by atoms with Gasteiger partial charge in [0.25, 0.3) is 5.56 Å². The smallest absolute Gasteiger partial charge is 0.273 e. The Kier molecular flexibility index (Phi) is 5.61. The van der Waals surface area contributed by atoms with Crippen LogP contribution in [0.25, 0.3) is 16.9 Å². The molecular formula is C24H24FN5O2. The predicted octanol–water partition coefficient (Wildman–Crippen LogP) is 3.75. The van der Waals surface area contributed by atoms with Crippen molar-refractivity contribution < 1.29 is 9.18 Å². The summed E-state index contributed by atoms with van der Waals surface area (Å²) < 4.78 is 16.5. The Morgan fingerprint density at radius 2 is 1.81 bits per heavy atom. The van der Waals surface area contributed by atoms with Crippen LogP contribution in [0, 0.1) is 26.6 Å². The first-order chi connectivity index (χ1) is 15.2. The monoisotopic (exact) mass is 433 g/mol. The fourth-order valence-corrected chi connectivity index (χ4v) is 3.65. The highest BCUT2D eigenvalue weighted by Crippen LogP contribution is 2.20. The number of fused-ring (bicyclic) bond motifs is 1. The minimum absolute atomic E-state index is 0.0791. The largest absolute Gasteiger partial charge is 0.326 e. The number of hydrogen-bond acceptors (Lipinski definition) is 4. The van der Waals surface area contributed by atoms with Crippen molar-refractivity contribution in [3.8, 4) is 5.69 Å². The maximum Gasteiger partial charge on any atom is 0.273 e. The van der Waals surface area contributed by atoms with Crippen LogP contribution in [0.3, 0.4) is 0 Å². The van der Waals surface area contributed by atoms with E-state index in [-0.39, 0.29) is 30.1 Å². The van der Waals surface area contributed by atoms with Crippen molar-refractivity contribution in [3.63, 3.8) is 0 Å². The fourth-order valence-electron chi connectivity index (χ4n) is 3.65. The standard InChI is InChI=1S/C24H24FN5O2/c1-14-5-8-18(9-6-14)30-23-22(16(3)28-30)27-20(24(32)29(23)4)11-12-21(31)26-19-10-7-17(25)13-15(19)2/h5-10,13H,11-12H2,1-4H3,(H,26,31). The molecule has 0 aliphatic rings. The van der Waals surface area contributed by atoms with Crippen molar-refractivity contribution >= 4 is 22.8 Å². The number of hydrogen-bond donors (Lipinski definition) is 1. The molecular weight excluding hydrogens is 409 g/mol. The van der Waals surface area contributed by atoms with Gasteiger partial charge in [-0.3, -0.25) is 14.2 Å². The van der Waals surface area contributed by atoms with Gasteiger partial charge in [-0.2, -0.15) is 5.10 Å². The van der Waals surface area contributed by atoms with Crippen molar-refractivity contribution in [2.24, 2.45) is 7.05 Å². The van der Waals surface area contributed by atoms with E-state index in [2.05, 4.69) is 15.4 Å². The summed E-state index contributed by atoms with van der Waals surface area (Å²) in [6, 6.07) is 12.0. The van der Waals surface area contributed by atoms with Gasteiger partial charge in [0.1, 0.15) is 17.0 Å². The molecule has 2 heterocycles. The van der Waals surface area contributed by atoms with Gasteiger partial charge in [-0.1, -0.05) is 17.7 Å². The number of aromatic nitrogens is 4. The molecule has 0 fully saturated rings. The Bertz CT molecular complexity index is 1390. The van der Waals surface area contributed by atoms with Crippen molar-refractivity contribution in [3.05, 3.63) is 81.2 Å². The van der Waals surface area contributed by atoms with E-state index in [0.717, 1.165) is 11.3 Å². The third kappa shape index (κ3) is 4.03. The molecule has 0 atom stereocenters. The third-order valence-corrected chi connectivity index (χ3v) is 5.45. The van der Waals surface area contributed by atoms with E-state index in [1.165, 1.54) is 22.8 Å². The SMILES string of the molecule is Cc1ccc(-n2nc(C)c3nc(CCC(=O)Nc4ccc(F)cc4C)c(=O)n(C)c32)cc1. The lowest BCUT2D eigenvalue weighted by molar-refractivity contribution is -0.116. The lowest BCUT2D eigenvalue weighted by atomic mass is 10.1. The first-order valence-corrected chi connectivity index (χ1v) is 10.3. The molecule has 2 aromatic carbocycles. The van der Waals surface area contributed by atoms with E-state index < -0.39 is 0 Å². The average Bonchev–Trinajstić information content (AvgIpc) is 3.08. The van der Waals surface area contributed by atoms with E-state index in [4.69, 9.17) is 0 Å². The van der Waals surface area contributed by atoms with Gasteiger partial charge in [0.2, 0.25) is 5.91 Å². The van der Waals surface area contributed by atoms with Crippen LogP contribution in [0.4, 0.5) is 10.1 Å². The van der Waals surface area contributed by atoms with Crippen LogP contribution < -0.4 is 10.9 Å². The Balaban J connectivity index is 1.61. The molecule has 0 aliphatic heterocycles.